The maximum atomic E-state index is 7.38. The SMILES string of the molecule is CCCCc1ccc2c(oc3ccccc32)c1N1c2cc(-n3c4ccccc4c4cc(C(C)(C)C)ccc43)ccc2B2c3ccc(-n4c5ccccc5c5cc(C(C)(C)C)ccc54)cc3N(c3c(CCCC)ccc4c3oc3ccccc34)c3cc(C(C)(C)C)cc1c32. The molecule has 2 aliphatic rings. The molecular formula is C86H79BN4O2. The second-order valence-electron chi connectivity index (χ2n) is 29.7. The van der Waals surface area contributed by atoms with E-state index in [9.17, 15) is 0 Å². The first-order chi connectivity index (χ1) is 45.0. The van der Waals surface area contributed by atoms with Gasteiger partial charge in [-0.15, -0.1) is 0 Å². The summed E-state index contributed by atoms with van der Waals surface area (Å²) in [6, 6.07) is 79.0. The second kappa shape index (κ2) is 20.9. The summed E-state index contributed by atoms with van der Waals surface area (Å²) in [6.45, 7) is 25.5. The molecule has 0 spiro atoms. The van der Waals surface area contributed by atoms with Crippen LogP contribution in [0.4, 0.5) is 34.1 Å². The number of rotatable bonds is 10. The minimum Gasteiger partial charge on any atom is -0.454 e. The zero-order chi connectivity index (χ0) is 63.6. The number of hydrogen-bond donors (Lipinski definition) is 0. The molecule has 15 aromatic rings. The summed E-state index contributed by atoms with van der Waals surface area (Å²) in [5.41, 5.74) is 27.3. The Kier molecular flexibility index (Phi) is 12.9. The van der Waals surface area contributed by atoms with Crippen LogP contribution in [0, 0.1) is 0 Å². The van der Waals surface area contributed by atoms with Crippen LogP contribution in [0.5, 0.6) is 0 Å². The molecule has 0 unspecified atom stereocenters. The molecule has 17 rings (SSSR count). The zero-order valence-corrected chi connectivity index (χ0v) is 55.6. The third-order valence-electron chi connectivity index (χ3n) is 20.8. The van der Waals surface area contributed by atoms with Crippen molar-refractivity contribution < 1.29 is 8.83 Å². The van der Waals surface area contributed by atoms with Gasteiger partial charge in [0.05, 0.1) is 33.4 Å². The third-order valence-corrected chi connectivity index (χ3v) is 20.8. The molecule has 11 aromatic carbocycles. The molecule has 93 heavy (non-hydrogen) atoms. The molecule has 0 saturated heterocycles. The molecule has 0 radical (unpaired) electrons. The number of aromatic nitrogens is 2. The van der Waals surface area contributed by atoms with Crippen LogP contribution in [-0.4, -0.2) is 15.8 Å². The molecule has 0 bridgehead atoms. The molecule has 0 saturated carbocycles. The summed E-state index contributed by atoms with van der Waals surface area (Å²) in [6.07, 6.45) is 5.99. The molecule has 6 heterocycles. The maximum absolute atomic E-state index is 7.38. The van der Waals surface area contributed by atoms with E-state index in [1.165, 1.54) is 99.2 Å². The lowest BCUT2D eigenvalue weighted by molar-refractivity contribution is 0.590. The van der Waals surface area contributed by atoms with Gasteiger partial charge in [0, 0.05) is 77.2 Å². The fourth-order valence-corrected chi connectivity index (χ4v) is 15.9. The number of furan rings is 2. The molecule has 0 aliphatic carbocycles. The van der Waals surface area contributed by atoms with Gasteiger partial charge in [0.1, 0.15) is 11.2 Å². The average molecular weight is 1210 g/mol. The van der Waals surface area contributed by atoms with Gasteiger partial charge in [-0.1, -0.05) is 210 Å². The zero-order valence-electron chi connectivity index (χ0n) is 55.6. The maximum Gasteiger partial charge on any atom is 0.252 e. The van der Waals surface area contributed by atoms with Crippen LogP contribution >= 0.6 is 0 Å². The lowest BCUT2D eigenvalue weighted by Crippen LogP contribution is -2.61. The number of aryl methyl sites for hydroxylation is 2. The summed E-state index contributed by atoms with van der Waals surface area (Å²) >= 11 is 0. The Morgan fingerprint density at radius 1 is 0.344 bits per heavy atom. The molecule has 0 N–H and O–H groups in total. The Bertz CT molecular complexity index is 5260. The van der Waals surface area contributed by atoms with Crippen LogP contribution in [-0.2, 0) is 29.1 Å². The molecule has 0 amide bonds. The van der Waals surface area contributed by atoms with Gasteiger partial charge in [-0.25, -0.2) is 0 Å². The van der Waals surface area contributed by atoms with E-state index in [0.29, 0.717) is 0 Å². The Hall–Kier alpha value is -9.72. The van der Waals surface area contributed by atoms with Crippen LogP contribution < -0.4 is 26.2 Å². The summed E-state index contributed by atoms with van der Waals surface area (Å²) in [4.78, 5) is 5.35. The molecular weight excluding hydrogens is 1130 g/mol. The normalized spacial score (nSPS) is 13.5. The van der Waals surface area contributed by atoms with Crippen molar-refractivity contribution in [1.29, 1.82) is 0 Å². The largest absolute Gasteiger partial charge is 0.454 e. The minimum absolute atomic E-state index is 0.0169. The van der Waals surface area contributed by atoms with Gasteiger partial charge in [-0.2, -0.15) is 0 Å². The molecule has 4 aromatic heterocycles. The molecule has 0 fully saturated rings. The van der Waals surface area contributed by atoms with Crippen LogP contribution in [0.25, 0.3) is 98.9 Å². The van der Waals surface area contributed by atoms with Gasteiger partial charge in [0.15, 0.2) is 11.2 Å². The van der Waals surface area contributed by atoms with Crippen LogP contribution in [0.3, 0.4) is 0 Å². The highest BCUT2D eigenvalue weighted by molar-refractivity contribution is 7.00. The van der Waals surface area contributed by atoms with Gasteiger partial charge < -0.3 is 27.8 Å². The Balaban J connectivity index is 1.03. The van der Waals surface area contributed by atoms with Crippen molar-refractivity contribution in [1.82, 2.24) is 9.13 Å². The number of anilines is 6. The predicted octanol–water partition coefficient (Wildman–Crippen LogP) is 22.3. The number of benzene rings is 11. The standard InChI is InChI=1S/C86H79BN4O2/c1-12-14-24-52-34-40-63-61-28-18-22-32-77(61)92-82(63)80(52)90-73-50-57(88-69-30-20-16-26-59(69)65-46-54(84(3,4)5)36-44-71(65)88)38-42-67(73)87-68-43-39-58(89-70-31-21-17-27-60(70)66-47-55(85(6,7)8)37-45-72(66)89)51-74(68)91(76-49-56(86(9,10)11)48-75(90)79(76)87)81-53(25-15-13-2)35-41-64-62-29-19-23-33-78(62)93-83(64)81/h16-23,26-51H,12-15,24-25H2,1-11H3. The van der Waals surface area contributed by atoms with Crippen molar-refractivity contribution in [2.75, 3.05) is 9.80 Å². The van der Waals surface area contributed by atoms with Crippen LogP contribution in [0.1, 0.15) is 130 Å². The number of nitrogens with zero attached hydrogens (tertiary/aromatic N) is 4. The van der Waals surface area contributed by atoms with E-state index in [4.69, 9.17) is 8.83 Å². The summed E-state index contributed by atoms with van der Waals surface area (Å²) in [5.74, 6) is 0. The van der Waals surface area contributed by atoms with E-state index in [1.54, 1.807) is 0 Å². The summed E-state index contributed by atoms with van der Waals surface area (Å²) < 4.78 is 19.8. The van der Waals surface area contributed by atoms with Crippen molar-refractivity contribution in [3.05, 3.63) is 234 Å². The Morgan fingerprint density at radius 3 is 1.16 bits per heavy atom. The topological polar surface area (TPSA) is 42.6 Å². The van der Waals surface area contributed by atoms with Crippen molar-refractivity contribution in [2.24, 2.45) is 0 Å². The van der Waals surface area contributed by atoms with E-state index >= 15 is 0 Å². The van der Waals surface area contributed by atoms with Gasteiger partial charge >= 0.3 is 0 Å². The monoisotopic (exact) mass is 1210 g/mol. The third kappa shape index (κ3) is 8.74. The molecule has 7 heteroatoms. The van der Waals surface area contributed by atoms with E-state index < -0.39 is 0 Å². The highest BCUT2D eigenvalue weighted by Crippen LogP contribution is 2.53. The van der Waals surface area contributed by atoms with Gasteiger partial charge in [-0.05, 0) is 171 Å². The van der Waals surface area contributed by atoms with Crippen molar-refractivity contribution in [3.63, 3.8) is 0 Å². The second-order valence-corrected chi connectivity index (χ2v) is 29.7. The van der Waals surface area contributed by atoms with Gasteiger partial charge in [0.2, 0.25) is 0 Å². The fraction of sp³-hybridized carbons (Fsp3) is 0.233. The quantitative estimate of drug-likeness (QED) is 0.128. The number of unbranched alkanes of at least 4 members (excludes halogenated alkanes) is 2. The average Bonchev–Trinajstić information content (AvgIpc) is 1.06. The first-order valence-corrected chi connectivity index (χ1v) is 34.0. The van der Waals surface area contributed by atoms with Gasteiger partial charge in [-0.3, -0.25) is 0 Å². The number of hydrogen-bond acceptors (Lipinski definition) is 4. The smallest absolute Gasteiger partial charge is 0.252 e. The summed E-state index contributed by atoms with van der Waals surface area (Å²) in [5, 5.41) is 9.51. The van der Waals surface area contributed by atoms with Crippen molar-refractivity contribution in [2.45, 2.75) is 131 Å². The van der Waals surface area contributed by atoms with Gasteiger partial charge in [0.25, 0.3) is 6.71 Å². The Morgan fingerprint density at radius 2 is 0.742 bits per heavy atom. The van der Waals surface area contributed by atoms with E-state index in [2.05, 4.69) is 301 Å². The number of fused-ring (bicyclic) bond motifs is 16. The van der Waals surface area contributed by atoms with E-state index in [0.717, 1.165) is 117 Å². The minimum atomic E-state index is -0.279. The molecule has 2 aliphatic heterocycles. The van der Waals surface area contributed by atoms with E-state index in [1.807, 2.05) is 0 Å². The van der Waals surface area contributed by atoms with Crippen molar-refractivity contribution >= 4 is 145 Å². The fourth-order valence-electron chi connectivity index (χ4n) is 15.9. The van der Waals surface area contributed by atoms with Crippen LogP contribution in [0.2, 0.25) is 0 Å². The molecule has 458 valence electrons. The highest BCUT2D eigenvalue weighted by atomic mass is 16.3. The highest BCUT2D eigenvalue weighted by Gasteiger charge is 2.46. The van der Waals surface area contributed by atoms with Crippen LogP contribution in [0.15, 0.2) is 215 Å². The van der Waals surface area contributed by atoms with E-state index in [-0.39, 0.29) is 23.0 Å². The number of para-hydroxylation sites is 4. The predicted molar refractivity (Wildman–Crippen MR) is 397 cm³/mol. The summed E-state index contributed by atoms with van der Waals surface area (Å²) in [7, 11) is 0. The first kappa shape index (κ1) is 57.2. The lowest BCUT2D eigenvalue weighted by atomic mass is 9.33. The molecule has 6 nitrogen and oxygen atoms in total. The lowest BCUT2D eigenvalue weighted by Gasteiger charge is -2.45. The Labute approximate surface area is 545 Å². The first-order valence-electron chi connectivity index (χ1n) is 34.0. The molecule has 0 atom stereocenters. The van der Waals surface area contributed by atoms with Crippen molar-refractivity contribution in [3.8, 4) is 11.4 Å².